The lowest BCUT2D eigenvalue weighted by molar-refractivity contribution is 0.0886. The molecule has 0 heterocycles. The zero-order valence-corrected chi connectivity index (χ0v) is 12.7. The van der Waals surface area contributed by atoms with E-state index in [9.17, 15) is 0 Å². The van der Waals surface area contributed by atoms with Crippen LogP contribution in [-0.2, 0) is 6.54 Å². The van der Waals surface area contributed by atoms with Crippen LogP contribution in [0.15, 0.2) is 18.2 Å². The molecule has 102 valence electrons. The summed E-state index contributed by atoms with van der Waals surface area (Å²) in [6.45, 7) is 14.1. The molecule has 2 heteroatoms. The summed E-state index contributed by atoms with van der Waals surface area (Å²) < 4.78 is 0. The largest absolute Gasteiger partial charge is 0.268 e. The minimum Gasteiger partial charge on any atom is -0.268 e. The molecule has 0 amide bonds. The lowest BCUT2D eigenvalue weighted by atomic mass is 9.84. The van der Waals surface area contributed by atoms with Crippen LogP contribution in [0.3, 0.4) is 0 Å². The molecule has 0 saturated carbocycles. The molecule has 0 bridgehead atoms. The molecule has 0 fully saturated rings. The first-order valence-electron chi connectivity index (χ1n) is 6.82. The van der Waals surface area contributed by atoms with Gasteiger partial charge < -0.3 is 0 Å². The molecule has 0 unspecified atom stereocenters. The predicted molar refractivity (Wildman–Crippen MR) is 79.2 cm³/mol. The van der Waals surface area contributed by atoms with Gasteiger partial charge in [-0.05, 0) is 31.2 Å². The molecule has 1 rings (SSSR count). The van der Waals surface area contributed by atoms with E-state index in [0.717, 1.165) is 13.0 Å². The third kappa shape index (κ3) is 4.11. The number of hydrogen-bond acceptors (Lipinski definition) is 2. The Kier molecular flexibility index (Phi) is 4.94. The van der Waals surface area contributed by atoms with Crippen LogP contribution in [0.25, 0.3) is 0 Å². The second-order valence-corrected chi connectivity index (χ2v) is 6.46. The minimum atomic E-state index is 0.211. The van der Waals surface area contributed by atoms with Crippen LogP contribution in [0.1, 0.15) is 50.8 Å². The summed E-state index contributed by atoms with van der Waals surface area (Å²) in [6.07, 6.45) is 1.07. The van der Waals surface area contributed by atoms with E-state index in [-0.39, 0.29) is 5.41 Å². The van der Waals surface area contributed by atoms with Crippen molar-refractivity contribution in [1.29, 1.82) is 0 Å². The molecule has 0 radical (unpaired) electrons. The Balaban J connectivity index is 2.83. The lowest BCUT2D eigenvalue weighted by Gasteiger charge is -2.37. The summed E-state index contributed by atoms with van der Waals surface area (Å²) in [4.78, 5) is 0. The van der Waals surface area contributed by atoms with Gasteiger partial charge in [0, 0.05) is 12.6 Å². The fourth-order valence-electron chi connectivity index (χ4n) is 2.83. The number of benzene rings is 1. The summed E-state index contributed by atoms with van der Waals surface area (Å²) in [7, 11) is 0. The highest BCUT2D eigenvalue weighted by Crippen LogP contribution is 2.26. The van der Waals surface area contributed by atoms with Crippen molar-refractivity contribution < 1.29 is 0 Å². The Morgan fingerprint density at radius 3 is 2.00 bits per heavy atom. The second-order valence-electron chi connectivity index (χ2n) is 6.46. The smallest absolute Gasteiger partial charge is 0.0382 e. The van der Waals surface area contributed by atoms with Crippen molar-refractivity contribution in [2.75, 3.05) is 0 Å². The third-order valence-corrected chi connectivity index (χ3v) is 3.43. The Bertz CT molecular complexity index is 370. The maximum Gasteiger partial charge on any atom is 0.0382 e. The normalized spacial score (nSPS) is 14.0. The molecule has 0 aliphatic carbocycles. The van der Waals surface area contributed by atoms with Gasteiger partial charge in [0.25, 0.3) is 0 Å². The van der Waals surface area contributed by atoms with Crippen molar-refractivity contribution >= 4 is 0 Å². The Morgan fingerprint density at radius 1 is 1.11 bits per heavy atom. The lowest BCUT2D eigenvalue weighted by Crippen LogP contribution is -2.47. The van der Waals surface area contributed by atoms with Crippen molar-refractivity contribution in [2.24, 2.45) is 11.3 Å². The van der Waals surface area contributed by atoms with E-state index in [1.54, 1.807) is 0 Å². The highest BCUT2D eigenvalue weighted by Gasteiger charge is 2.27. The maximum absolute atomic E-state index is 6.28. The molecule has 0 aromatic heterocycles. The number of nitrogens with two attached hydrogens (primary N) is 1. The van der Waals surface area contributed by atoms with Gasteiger partial charge in [-0.2, -0.15) is 0 Å². The number of rotatable bonds is 4. The van der Waals surface area contributed by atoms with E-state index >= 15 is 0 Å². The molecule has 2 nitrogen and oxygen atoms in total. The van der Waals surface area contributed by atoms with Gasteiger partial charge in [0.2, 0.25) is 0 Å². The van der Waals surface area contributed by atoms with Crippen LogP contribution in [0, 0.1) is 19.3 Å². The molecule has 1 aromatic carbocycles. The number of aryl methyl sites for hydroxylation is 2. The van der Waals surface area contributed by atoms with Crippen molar-refractivity contribution in [3.05, 3.63) is 34.9 Å². The molecular formula is C16H28N2. The average molecular weight is 248 g/mol. The first-order valence-corrected chi connectivity index (χ1v) is 6.82. The van der Waals surface area contributed by atoms with Crippen LogP contribution in [0.4, 0.5) is 0 Å². The molecule has 0 aliphatic heterocycles. The van der Waals surface area contributed by atoms with Crippen molar-refractivity contribution in [3.63, 3.8) is 0 Å². The van der Waals surface area contributed by atoms with Gasteiger partial charge in [0.15, 0.2) is 0 Å². The topological polar surface area (TPSA) is 29.3 Å². The summed E-state index contributed by atoms with van der Waals surface area (Å²) in [5, 5.41) is 1.99. The molecule has 0 spiro atoms. The highest BCUT2D eigenvalue weighted by molar-refractivity contribution is 5.28. The highest BCUT2D eigenvalue weighted by atomic mass is 15.4. The Morgan fingerprint density at radius 2 is 1.61 bits per heavy atom. The zero-order chi connectivity index (χ0) is 13.9. The summed E-state index contributed by atoms with van der Waals surface area (Å²) >= 11 is 0. The first-order chi connectivity index (χ1) is 8.24. The van der Waals surface area contributed by atoms with Gasteiger partial charge in [-0.15, -0.1) is 0 Å². The fraction of sp³-hybridized carbons (Fsp3) is 0.625. The van der Waals surface area contributed by atoms with E-state index in [1.165, 1.54) is 16.7 Å². The second kappa shape index (κ2) is 5.85. The number of nitrogens with zero attached hydrogens (tertiary/aromatic N) is 1. The van der Waals surface area contributed by atoms with Gasteiger partial charge >= 0.3 is 0 Å². The number of hydrogen-bond donors (Lipinski definition) is 1. The monoisotopic (exact) mass is 248 g/mol. The molecule has 1 atom stereocenters. The van der Waals surface area contributed by atoms with Crippen LogP contribution in [0.2, 0.25) is 0 Å². The maximum atomic E-state index is 6.28. The van der Waals surface area contributed by atoms with E-state index in [0.29, 0.717) is 6.04 Å². The third-order valence-electron chi connectivity index (χ3n) is 3.43. The van der Waals surface area contributed by atoms with Gasteiger partial charge in [-0.1, -0.05) is 57.0 Å². The van der Waals surface area contributed by atoms with Crippen molar-refractivity contribution in [2.45, 2.75) is 60.5 Å². The summed E-state index contributed by atoms with van der Waals surface area (Å²) in [5.41, 5.74) is 4.13. The average Bonchev–Trinajstić information content (AvgIpc) is 2.13. The van der Waals surface area contributed by atoms with E-state index in [4.69, 9.17) is 5.84 Å². The van der Waals surface area contributed by atoms with Gasteiger partial charge in [0.1, 0.15) is 0 Å². The molecule has 0 saturated heterocycles. The first kappa shape index (κ1) is 15.2. The van der Waals surface area contributed by atoms with Crippen LogP contribution in [-0.4, -0.2) is 11.1 Å². The molecule has 2 N–H and O–H groups in total. The van der Waals surface area contributed by atoms with Crippen molar-refractivity contribution in [1.82, 2.24) is 5.01 Å². The number of hydrazine groups is 1. The summed E-state index contributed by atoms with van der Waals surface area (Å²) in [6, 6.07) is 7.05. The molecule has 18 heavy (non-hydrogen) atoms. The zero-order valence-electron chi connectivity index (χ0n) is 12.7. The van der Waals surface area contributed by atoms with Crippen LogP contribution < -0.4 is 5.84 Å². The SMILES string of the molecule is CC[C@@H](N(N)Cc1cc(C)cc(C)c1)C(C)(C)C. The van der Waals surface area contributed by atoms with Gasteiger partial charge in [-0.25, -0.2) is 5.01 Å². The fourth-order valence-corrected chi connectivity index (χ4v) is 2.83. The van der Waals surface area contributed by atoms with Gasteiger partial charge in [-0.3, -0.25) is 5.84 Å². The minimum absolute atomic E-state index is 0.211. The Hall–Kier alpha value is -0.860. The van der Waals surface area contributed by atoms with Gasteiger partial charge in [0.05, 0.1) is 0 Å². The molecule has 1 aromatic rings. The Labute approximate surface area is 112 Å². The van der Waals surface area contributed by atoms with E-state index in [2.05, 4.69) is 59.7 Å². The predicted octanol–water partition coefficient (Wildman–Crippen LogP) is 3.80. The molecule has 0 aliphatic rings. The summed E-state index contributed by atoms with van der Waals surface area (Å²) in [5.74, 6) is 6.28. The van der Waals surface area contributed by atoms with E-state index < -0.39 is 0 Å². The van der Waals surface area contributed by atoms with E-state index in [1.807, 2.05) is 5.01 Å². The standard InChI is InChI=1S/C16H28N2/c1-7-15(16(4,5)6)18(17)11-14-9-12(2)8-13(3)10-14/h8-10,15H,7,11,17H2,1-6H3/t15-/m1/s1. The van der Waals surface area contributed by atoms with Crippen LogP contribution >= 0.6 is 0 Å². The van der Waals surface area contributed by atoms with Crippen LogP contribution in [0.5, 0.6) is 0 Å². The van der Waals surface area contributed by atoms with Crippen molar-refractivity contribution in [3.8, 4) is 0 Å². The quantitative estimate of drug-likeness (QED) is 0.648. The molecular weight excluding hydrogens is 220 g/mol.